The van der Waals surface area contributed by atoms with Gasteiger partial charge < -0.3 is 20.1 Å². The van der Waals surface area contributed by atoms with E-state index in [2.05, 4.69) is 18.5 Å². The molecular weight excluding hydrogens is 504 g/mol. The molecular formula is C33H42N2O5. The first kappa shape index (κ1) is 30.8. The Morgan fingerprint density at radius 1 is 1.02 bits per heavy atom. The smallest absolute Gasteiger partial charge is 0.309 e. The maximum atomic E-state index is 13.4. The van der Waals surface area contributed by atoms with Crippen molar-refractivity contribution in [3.8, 4) is 0 Å². The van der Waals surface area contributed by atoms with Gasteiger partial charge in [-0.05, 0) is 56.2 Å². The number of aliphatic hydroxyl groups excluding tert-OH is 1. The Morgan fingerprint density at radius 2 is 1.65 bits per heavy atom. The Morgan fingerprint density at radius 3 is 2.30 bits per heavy atom. The topological polar surface area (TPSA) is 95.9 Å². The van der Waals surface area contributed by atoms with Gasteiger partial charge in [-0.1, -0.05) is 66.7 Å². The van der Waals surface area contributed by atoms with Gasteiger partial charge in [-0.15, -0.1) is 13.2 Å². The van der Waals surface area contributed by atoms with Crippen molar-refractivity contribution in [2.24, 2.45) is 11.8 Å². The molecule has 2 amide bonds. The highest BCUT2D eigenvalue weighted by Gasteiger charge is 2.33. The maximum absolute atomic E-state index is 13.4. The fourth-order valence-electron chi connectivity index (χ4n) is 5.06. The van der Waals surface area contributed by atoms with Crippen LogP contribution in [-0.4, -0.2) is 52.6 Å². The van der Waals surface area contributed by atoms with Crippen LogP contribution in [-0.2, 0) is 38.5 Å². The molecule has 0 radical (unpaired) electrons. The summed E-state index contributed by atoms with van der Waals surface area (Å²) < 4.78 is 5.65. The normalized spacial score (nSPS) is 16.3. The molecule has 7 heteroatoms. The Labute approximate surface area is 237 Å². The largest absolute Gasteiger partial charge is 0.463 e. The maximum Gasteiger partial charge on any atom is 0.309 e. The minimum absolute atomic E-state index is 0.00906. The van der Waals surface area contributed by atoms with E-state index < -0.39 is 11.5 Å². The molecule has 3 atom stereocenters. The summed E-state index contributed by atoms with van der Waals surface area (Å²) in [7, 11) is 0. The third-order valence-corrected chi connectivity index (χ3v) is 7.28. The molecule has 0 fully saturated rings. The summed E-state index contributed by atoms with van der Waals surface area (Å²) >= 11 is 0. The zero-order chi connectivity index (χ0) is 29.1. The summed E-state index contributed by atoms with van der Waals surface area (Å²) in [4.78, 5) is 41.2. The second-order valence-electron chi connectivity index (χ2n) is 11.1. The minimum atomic E-state index is -0.849. The van der Waals surface area contributed by atoms with Crippen molar-refractivity contribution >= 4 is 17.8 Å². The van der Waals surface area contributed by atoms with Crippen molar-refractivity contribution in [1.29, 1.82) is 0 Å². The minimum Gasteiger partial charge on any atom is -0.463 e. The number of amides is 2. The van der Waals surface area contributed by atoms with E-state index in [4.69, 9.17) is 4.74 Å². The first-order valence-corrected chi connectivity index (χ1v) is 13.9. The van der Waals surface area contributed by atoms with E-state index in [9.17, 15) is 19.5 Å². The quantitative estimate of drug-likeness (QED) is 0.271. The van der Waals surface area contributed by atoms with Gasteiger partial charge in [0.2, 0.25) is 11.8 Å². The SMILES string of the molecule is C=CC[C@H](CC(=O)N1Cc2ccccc2C[C@H]1CO)C(=O)NC(C)(C)COC(=O)[C@@H](CC=C)Cc1ccccc1. The van der Waals surface area contributed by atoms with Gasteiger partial charge in [-0.3, -0.25) is 14.4 Å². The molecule has 0 saturated heterocycles. The van der Waals surface area contributed by atoms with Crippen LogP contribution in [0.5, 0.6) is 0 Å². The van der Waals surface area contributed by atoms with Gasteiger partial charge in [-0.25, -0.2) is 0 Å². The monoisotopic (exact) mass is 546 g/mol. The highest BCUT2D eigenvalue weighted by atomic mass is 16.5. The predicted molar refractivity (Wildman–Crippen MR) is 156 cm³/mol. The molecule has 0 unspecified atom stereocenters. The number of benzene rings is 2. The Bertz CT molecular complexity index is 1180. The number of rotatable bonds is 14. The number of hydrogen-bond donors (Lipinski definition) is 2. The van der Waals surface area contributed by atoms with Crippen LogP contribution in [0.4, 0.5) is 0 Å². The molecule has 0 aliphatic carbocycles. The van der Waals surface area contributed by atoms with Crippen molar-refractivity contribution < 1.29 is 24.2 Å². The first-order valence-electron chi connectivity index (χ1n) is 13.9. The number of carbonyl (C=O) groups excluding carboxylic acids is 3. The van der Waals surface area contributed by atoms with E-state index in [1.807, 2.05) is 54.6 Å². The number of fused-ring (bicyclic) bond motifs is 1. The number of esters is 1. The van der Waals surface area contributed by atoms with E-state index in [1.54, 1.807) is 30.9 Å². The first-order chi connectivity index (χ1) is 19.2. The lowest BCUT2D eigenvalue weighted by Gasteiger charge is -2.37. The zero-order valence-corrected chi connectivity index (χ0v) is 23.7. The van der Waals surface area contributed by atoms with E-state index in [-0.39, 0.29) is 49.4 Å². The van der Waals surface area contributed by atoms with Crippen LogP contribution in [0.1, 0.15) is 49.8 Å². The van der Waals surface area contributed by atoms with Gasteiger partial charge >= 0.3 is 5.97 Å². The van der Waals surface area contributed by atoms with Crippen LogP contribution in [0.15, 0.2) is 79.9 Å². The molecule has 2 N–H and O–H groups in total. The second kappa shape index (κ2) is 14.6. The Balaban J connectivity index is 1.59. The van der Waals surface area contributed by atoms with Crippen molar-refractivity contribution in [3.05, 3.63) is 96.6 Å². The number of nitrogens with zero attached hydrogens (tertiary/aromatic N) is 1. The van der Waals surface area contributed by atoms with Gasteiger partial charge in [0.1, 0.15) is 6.61 Å². The van der Waals surface area contributed by atoms with Crippen LogP contribution in [0.25, 0.3) is 0 Å². The lowest BCUT2D eigenvalue weighted by molar-refractivity contribution is -0.151. The van der Waals surface area contributed by atoms with Crippen molar-refractivity contribution in [1.82, 2.24) is 10.2 Å². The number of carbonyl (C=O) groups is 3. The molecule has 0 bridgehead atoms. The highest BCUT2D eigenvalue weighted by Crippen LogP contribution is 2.25. The standard InChI is InChI=1S/C33H42N2O5/c1-5-12-26(20-30(37)35-21-28-17-11-10-16-25(28)19-29(35)22-36)31(38)34-33(3,4)23-40-32(39)27(13-6-2)18-24-14-8-7-9-15-24/h5-11,14-17,26-27,29,36H,1-2,12-13,18-23H2,3-4H3,(H,34,38)/t26-,27+,29+/m1/s1. The lowest BCUT2D eigenvalue weighted by Crippen LogP contribution is -2.51. The van der Waals surface area contributed by atoms with Crippen molar-refractivity contribution in [3.63, 3.8) is 0 Å². The number of allylic oxidation sites excluding steroid dienone is 2. The van der Waals surface area contributed by atoms with E-state index in [0.717, 1.165) is 16.7 Å². The van der Waals surface area contributed by atoms with Gasteiger partial charge in [0.15, 0.2) is 0 Å². The fraction of sp³-hybridized carbons (Fsp3) is 0.424. The van der Waals surface area contributed by atoms with Crippen LogP contribution in [0.2, 0.25) is 0 Å². The summed E-state index contributed by atoms with van der Waals surface area (Å²) in [6.07, 6.45) is 5.25. The Kier molecular flexibility index (Phi) is 11.3. The molecule has 7 nitrogen and oxygen atoms in total. The molecule has 0 aromatic heterocycles. The summed E-state index contributed by atoms with van der Waals surface area (Å²) in [6.45, 7) is 11.4. The average Bonchev–Trinajstić information content (AvgIpc) is 2.95. The van der Waals surface area contributed by atoms with Crippen LogP contribution >= 0.6 is 0 Å². The Hall–Kier alpha value is -3.71. The van der Waals surface area contributed by atoms with Gasteiger partial charge in [0.05, 0.1) is 30.0 Å². The fourth-order valence-corrected chi connectivity index (χ4v) is 5.06. The van der Waals surface area contributed by atoms with Gasteiger partial charge in [0.25, 0.3) is 0 Å². The average molecular weight is 547 g/mol. The number of ether oxygens (including phenoxy) is 1. The molecule has 40 heavy (non-hydrogen) atoms. The summed E-state index contributed by atoms with van der Waals surface area (Å²) in [5, 5.41) is 12.9. The van der Waals surface area contributed by atoms with Gasteiger partial charge in [-0.2, -0.15) is 0 Å². The van der Waals surface area contributed by atoms with Crippen molar-refractivity contribution in [2.75, 3.05) is 13.2 Å². The molecule has 214 valence electrons. The molecule has 0 saturated carbocycles. The molecule has 1 aliphatic heterocycles. The molecule has 3 rings (SSSR count). The predicted octanol–water partition coefficient (Wildman–Crippen LogP) is 4.39. The van der Waals surface area contributed by atoms with Crippen LogP contribution in [0.3, 0.4) is 0 Å². The summed E-state index contributed by atoms with van der Waals surface area (Å²) in [5.74, 6) is -1.84. The third kappa shape index (κ3) is 8.65. The summed E-state index contributed by atoms with van der Waals surface area (Å²) in [5.41, 5.74) is 2.37. The zero-order valence-electron chi connectivity index (χ0n) is 23.7. The van der Waals surface area contributed by atoms with E-state index >= 15 is 0 Å². The van der Waals surface area contributed by atoms with Crippen LogP contribution < -0.4 is 5.32 Å². The molecule has 2 aromatic rings. The van der Waals surface area contributed by atoms with Crippen LogP contribution in [0, 0.1) is 11.8 Å². The van der Waals surface area contributed by atoms with E-state index in [1.165, 1.54) is 0 Å². The lowest BCUT2D eigenvalue weighted by atomic mass is 9.92. The second-order valence-corrected chi connectivity index (χ2v) is 11.1. The van der Waals surface area contributed by atoms with Crippen molar-refractivity contribution in [2.45, 2.75) is 64.1 Å². The molecule has 1 aliphatic rings. The third-order valence-electron chi connectivity index (χ3n) is 7.28. The highest BCUT2D eigenvalue weighted by molar-refractivity contribution is 5.86. The van der Waals surface area contributed by atoms with E-state index in [0.29, 0.717) is 32.2 Å². The number of nitrogens with one attached hydrogen (secondary N) is 1. The number of aliphatic hydroxyl groups is 1. The molecule has 2 aromatic carbocycles. The number of hydrogen-bond acceptors (Lipinski definition) is 5. The molecule has 0 spiro atoms. The summed E-state index contributed by atoms with van der Waals surface area (Å²) in [6, 6.07) is 17.3. The van der Waals surface area contributed by atoms with Gasteiger partial charge in [0, 0.05) is 13.0 Å². The molecule has 1 heterocycles.